The molecule has 1 heterocycles. The van der Waals surface area contributed by atoms with E-state index >= 15 is 0 Å². The molecule has 36 heavy (non-hydrogen) atoms. The first-order valence-corrected chi connectivity index (χ1v) is 10.9. The van der Waals surface area contributed by atoms with Crippen molar-refractivity contribution in [1.82, 2.24) is 4.98 Å². The Hall–Kier alpha value is -4.84. The van der Waals surface area contributed by atoms with E-state index in [1.807, 2.05) is 6.07 Å². The Bertz CT molecular complexity index is 1440. The van der Waals surface area contributed by atoms with E-state index in [0.29, 0.717) is 0 Å². The lowest BCUT2D eigenvalue weighted by atomic mass is 10.1. The largest absolute Gasteiger partial charge is 0.452 e. The minimum atomic E-state index is -0.835. The number of aromatic nitrogens is 1. The second kappa shape index (κ2) is 11.1. The fourth-order valence-corrected chi connectivity index (χ4v) is 3.53. The fraction of sp³-hybridized carbons (Fsp3) is 0.111. The Balaban J connectivity index is 1.52. The molecule has 1 amide bonds. The Labute approximate surface area is 205 Å². The van der Waals surface area contributed by atoms with Gasteiger partial charge in [0.15, 0.2) is 12.4 Å². The molecular weight excluding hydrogens is 468 g/mol. The van der Waals surface area contributed by atoms with Crippen LogP contribution in [0.2, 0.25) is 0 Å². The number of carbonyl (C=O) groups excluding carboxylic acids is 2. The van der Waals surface area contributed by atoms with Crippen LogP contribution in [0.25, 0.3) is 22.8 Å². The van der Waals surface area contributed by atoms with E-state index in [9.17, 15) is 18.4 Å². The summed E-state index contributed by atoms with van der Waals surface area (Å²) in [5.41, 5.74) is 0.553. The van der Waals surface area contributed by atoms with E-state index in [1.165, 1.54) is 36.5 Å². The first-order chi connectivity index (χ1) is 17.5. The van der Waals surface area contributed by atoms with Gasteiger partial charge in [0.1, 0.15) is 11.6 Å². The molecule has 180 valence electrons. The van der Waals surface area contributed by atoms with Gasteiger partial charge in [-0.05, 0) is 36.4 Å². The summed E-state index contributed by atoms with van der Waals surface area (Å²) in [7, 11) is 0. The molecule has 0 atom stereocenters. The third-order valence-corrected chi connectivity index (χ3v) is 5.24. The van der Waals surface area contributed by atoms with Crippen LogP contribution in [-0.2, 0) is 9.53 Å². The molecule has 1 aromatic heterocycles. The Kier molecular flexibility index (Phi) is 7.46. The van der Waals surface area contributed by atoms with Crippen molar-refractivity contribution in [2.45, 2.75) is 6.42 Å². The van der Waals surface area contributed by atoms with Gasteiger partial charge in [-0.2, -0.15) is 5.26 Å². The Morgan fingerprint density at radius 3 is 2.33 bits per heavy atom. The van der Waals surface area contributed by atoms with Gasteiger partial charge in [-0.1, -0.05) is 36.4 Å². The first-order valence-electron chi connectivity index (χ1n) is 10.9. The molecule has 0 aliphatic heterocycles. The van der Waals surface area contributed by atoms with Crippen molar-refractivity contribution in [1.29, 1.82) is 5.26 Å². The molecule has 0 radical (unpaired) electrons. The summed E-state index contributed by atoms with van der Waals surface area (Å²) < 4.78 is 39.3. The van der Waals surface area contributed by atoms with Crippen molar-refractivity contribution in [3.8, 4) is 28.8 Å². The minimum absolute atomic E-state index is 0.0188. The number of anilines is 1. The summed E-state index contributed by atoms with van der Waals surface area (Å²) in [6, 6.07) is 19.9. The van der Waals surface area contributed by atoms with Crippen molar-refractivity contribution in [2.75, 3.05) is 18.1 Å². The number of ether oxygens (including phenoxy) is 1. The Morgan fingerprint density at radius 2 is 1.61 bits per heavy atom. The van der Waals surface area contributed by atoms with E-state index < -0.39 is 30.1 Å². The number of halogens is 2. The molecule has 0 bridgehead atoms. The third-order valence-electron chi connectivity index (χ3n) is 5.24. The van der Waals surface area contributed by atoms with E-state index in [4.69, 9.17) is 14.4 Å². The molecule has 0 spiro atoms. The number of amides is 1. The van der Waals surface area contributed by atoms with Crippen LogP contribution in [0.4, 0.5) is 14.5 Å². The van der Waals surface area contributed by atoms with E-state index in [0.717, 1.165) is 4.90 Å². The number of esters is 1. The summed E-state index contributed by atoms with van der Waals surface area (Å²) in [6.07, 6.45) is 1.31. The van der Waals surface area contributed by atoms with Crippen LogP contribution in [0.3, 0.4) is 0 Å². The molecule has 0 unspecified atom stereocenters. The number of rotatable bonds is 8. The van der Waals surface area contributed by atoms with E-state index in [2.05, 4.69) is 4.98 Å². The molecule has 0 aliphatic carbocycles. The zero-order valence-corrected chi connectivity index (χ0v) is 18.9. The normalized spacial score (nSPS) is 10.5. The van der Waals surface area contributed by atoms with Crippen molar-refractivity contribution in [3.63, 3.8) is 0 Å². The number of nitrogens with zero attached hydrogens (tertiary/aromatic N) is 3. The van der Waals surface area contributed by atoms with Crippen molar-refractivity contribution in [3.05, 3.63) is 96.2 Å². The van der Waals surface area contributed by atoms with Crippen LogP contribution in [0.5, 0.6) is 0 Å². The second-order valence-corrected chi connectivity index (χ2v) is 7.54. The van der Waals surface area contributed by atoms with E-state index in [-0.39, 0.29) is 47.0 Å². The molecule has 4 aromatic rings. The third kappa shape index (κ3) is 5.28. The van der Waals surface area contributed by atoms with Crippen LogP contribution in [0.1, 0.15) is 16.8 Å². The summed E-state index contributed by atoms with van der Waals surface area (Å²) >= 11 is 0. The average Bonchev–Trinajstić information content (AvgIpc) is 3.38. The first kappa shape index (κ1) is 24.3. The summed E-state index contributed by atoms with van der Waals surface area (Å²) in [5.74, 6) is -2.41. The zero-order valence-electron chi connectivity index (χ0n) is 18.9. The van der Waals surface area contributed by atoms with Gasteiger partial charge < -0.3 is 14.1 Å². The minimum Gasteiger partial charge on any atom is -0.452 e. The summed E-state index contributed by atoms with van der Waals surface area (Å²) in [6.45, 7) is -0.751. The van der Waals surface area contributed by atoms with Gasteiger partial charge in [0.25, 0.3) is 5.91 Å². The maximum absolute atomic E-state index is 14.3. The molecule has 9 heteroatoms. The molecule has 0 saturated heterocycles. The smallest absolute Gasteiger partial charge is 0.339 e. The zero-order chi connectivity index (χ0) is 25.5. The lowest BCUT2D eigenvalue weighted by Crippen LogP contribution is -2.36. The maximum Gasteiger partial charge on any atom is 0.339 e. The number of nitriles is 1. The Morgan fingerprint density at radius 1 is 0.944 bits per heavy atom. The number of hydrogen-bond acceptors (Lipinski definition) is 6. The highest BCUT2D eigenvalue weighted by Gasteiger charge is 2.23. The van der Waals surface area contributed by atoms with Crippen LogP contribution in [0.15, 0.2) is 83.4 Å². The topological polar surface area (TPSA) is 96.4 Å². The highest BCUT2D eigenvalue weighted by atomic mass is 19.1. The standard InChI is InChI=1S/C27H19F2N3O4/c28-21-11-4-3-10-20(21)24-16-31-26(36-24)18-8-1-2-9-19(18)27(34)35-17-25(33)32(15-7-14-30)23-13-6-5-12-22(23)29/h1-6,8-13,16H,7,15,17H2. The lowest BCUT2D eigenvalue weighted by molar-refractivity contribution is -0.121. The molecule has 0 saturated carbocycles. The van der Waals surface area contributed by atoms with Crippen molar-refractivity contribution >= 4 is 17.6 Å². The maximum atomic E-state index is 14.3. The predicted octanol–water partition coefficient (Wildman–Crippen LogP) is 5.39. The second-order valence-electron chi connectivity index (χ2n) is 7.54. The van der Waals surface area contributed by atoms with Crippen molar-refractivity contribution in [2.24, 2.45) is 0 Å². The summed E-state index contributed by atoms with van der Waals surface area (Å²) in [5, 5.41) is 8.91. The number of hydrogen-bond donors (Lipinski definition) is 0. The molecular formula is C27H19F2N3O4. The highest BCUT2D eigenvalue weighted by Crippen LogP contribution is 2.30. The fourth-order valence-electron chi connectivity index (χ4n) is 3.53. The molecule has 4 rings (SSSR count). The summed E-state index contributed by atoms with van der Waals surface area (Å²) in [4.78, 5) is 30.9. The lowest BCUT2D eigenvalue weighted by Gasteiger charge is -2.22. The monoisotopic (exact) mass is 487 g/mol. The highest BCUT2D eigenvalue weighted by molar-refractivity contribution is 5.99. The number of benzene rings is 3. The van der Waals surface area contributed by atoms with Gasteiger partial charge in [0.2, 0.25) is 5.89 Å². The molecule has 3 aromatic carbocycles. The van der Waals surface area contributed by atoms with Gasteiger partial charge in [-0.15, -0.1) is 0 Å². The van der Waals surface area contributed by atoms with Gasteiger partial charge in [0.05, 0.1) is 41.1 Å². The number of oxazole rings is 1. The SMILES string of the molecule is N#CCCN(C(=O)COC(=O)c1ccccc1-c1ncc(-c2ccccc2F)o1)c1ccccc1F. The van der Waals surface area contributed by atoms with Crippen LogP contribution in [-0.4, -0.2) is 30.0 Å². The number of carbonyl (C=O) groups is 2. The molecule has 0 aliphatic rings. The van der Waals surface area contributed by atoms with Crippen LogP contribution >= 0.6 is 0 Å². The van der Waals surface area contributed by atoms with Gasteiger partial charge in [-0.25, -0.2) is 18.6 Å². The molecule has 0 N–H and O–H groups in total. The quantitative estimate of drug-likeness (QED) is 0.309. The van der Waals surface area contributed by atoms with Crippen molar-refractivity contribution < 1.29 is 27.5 Å². The molecule has 0 fully saturated rings. The average molecular weight is 487 g/mol. The van der Waals surface area contributed by atoms with E-state index in [1.54, 1.807) is 42.5 Å². The predicted molar refractivity (Wildman–Crippen MR) is 127 cm³/mol. The van der Waals surface area contributed by atoms with Gasteiger partial charge >= 0.3 is 5.97 Å². The van der Waals surface area contributed by atoms with Crippen LogP contribution < -0.4 is 4.90 Å². The number of para-hydroxylation sites is 1. The van der Waals surface area contributed by atoms with Gasteiger partial charge in [-0.3, -0.25) is 4.79 Å². The van der Waals surface area contributed by atoms with Crippen LogP contribution in [0, 0.1) is 23.0 Å². The van der Waals surface area contributed by atoms with Gasteiger partial charge in [0, 0.05) is 6.54 Å². The molecule has 7 nitrogen and oxygen atoms in total.